The van der Waals surface area contributed by atoms with E-state index in [4.69, 9.17) is 5.73 Å². The van der Waals surface area contributed by atoms with Crippen LogP contribution in [0.4, 0.5) is 22.0 Å². The van der Waals surface area contributed by atoms with E-state index < -0.39 is 29.8 Å². The van der Waals surface area contributed by atoms with E-state index in [1.54, 1.807) is 0 Å². The first kappa shape index (κ1) is 16.2. The number of halogens is 5. The lowest BCUT2D eigenvalue weighted by atomic mass is 9.76. The lowest BCUT2D eigenvalue weighted by Gasteiger charge is -2.33. The fraction of sp³-hybridized carbons (Fsp3) is 0.600. The minimum atomic E-state index is -4.18. The monoisotopic (exact) mass is 307 g/mol. The number of alkyl halides is 3. The highest BCUT2D eigenvalue weighted by atomic mass is 19.4. The highest BCUT2D eigenvalue weighted by Crippen LogP contribution is 2.41. The molecule has 0 bridgehead atoms. The Hall–Kier alpha value is -1.17. The topological polar surface area (TPSA) is 26.0 Å². The molecule has 21 heavy (non-hydrogen) atoms. The van der Waals surface area contributed by atoms with E-state index in [1.165, 1.54) is 6.07 Å². The minimum Gasteiger partial charge on any atom is -0.327 e. The van der Waals surface area contributed by atoms with Crippen molar-refractivity contribution < 1.29 is 22.0 Å². The van der Waals surface area contributed by atoms with Gasteiger partial charge < -0.3 is 5.73 Å². The van der Waals surface area contributed by atoms with Crippen LogP contribution in [-0.2, 0) is 6.42 Å². The first-order valence-electron chi connectivity index (χ1n) is 7.03. The Balaban J connectivity index is 1.99. The van der Waals surface area contributed by atoms with E-state index in [0.29, 0.717) is 18.4 Å². The van der Waals surface area contributed by atoms with Crippen molar-refractivity contribution in [2.45, 2.75) is 44.3 Å². The molecule has 0 heterocycles. The molecule has 1 aromatic carbocycles. The van der Waals surface area contributed by atoms with Crippen molar-refractivity contribution in [1.82, 2.24) is 0 Å². The third-order valence-electron chi connectivity index (χ3n) is 4.24. The SMILES string of the molecule is NC(Cc1ccc(F)c(F)c1)C1CCCC(C(F)(F)F)C1. The third-order valence-corrected chi connectivity index (χ3v) is 4.24. The van der Waals surface area contributed by atoms with Gasteiger partial charge in [-0.2, -0.15) is 13.2 Å². The van der Waals surface area contributed by atoms with Crippen LogP contribution >= 0.6 is 0 Å². The Bertz CT molecular complexity index is 485. The van der Waals surface area contributed by atoms with Crippen molar-refractivity contribution in [3.63, 3.8) is 0 Å². The first-order chi connectivity index (χ1) is 9.77. The molecule has 0 spiro atoms. The third kappa shape index (κ3) is 4.15. The lowest BCUT2D eigenvalue weighted by molar-refractivity contribution is -0.186. The molecule has 0 saturated heterocycles. The number of rotatable bonds is 3. The molecule has 3 atom stereocenters. The van der Waals surface area contributed by atoms with Crippen LogP contribution in [0.3, 0.4) is 0 Å². The Morgan fingerprint density at radius 2 is 1.86 bits per heavy atom. The summed E-state index contributed by atoms with van der Waals surface area (Å²) < 4.78 is 64.3. The van der Waals surface area contributed by atoms with Crippen LogP contribution in [0.2, 0.25) is 0 Å². The van der Waals surface area contributed by atoms with Crippen molar-refractivity contribution in [1.29, 1.82) is 0 Å². The molecule has 0 aromatic heterocycles. The Labute approximate surface area is 120 Å². The molecule has 1 fully saturated rings. The van der Waals surface area contributed by atoms with Gasteiger partial charge in [0, 0.05) is 6.04 Å². The van der Waals surface area contributed by atoms with Crippen LogP contribution in [0.1, 0.15) is 31.2 Å². The van der Waals surface area contributed by atoms with Gasteiger partial charge in [-0.1, -0.05) is 12.5 Å². The standard InChI is InChI=1S/C15H18F5N/c16-12-5-4-9(6-13(12)17)7-14(21)10-2-1-3-11(8-10)15(18,19)20/h4-6,10-11,14H,1-3,7-8,21H2. The van der Waals surface area contributed by atoms with Gasteiger partial charge in [-0.05, 0) is 49.3 Å². The summed E-state index contributed by atoms with van der Waals surface area (Å²) >= 11 is 0. The lowest BCUT2D eigenvalue weighted by Crippen LogP contribution is -2.38. The van der Waals surface area contributed by atoms with Crippen molar-refractivity contribution in [3.8, 4) is 0 Å². The summed E-state index contributed by atoms with van der Waals surface area (Å²) in [6.45, 7) is 0. The molecule has 0 amide bonds. The molecule has 2 N–H and O–H groups in total. The van der Waals surface area contributed by atoms with Crippen LogP contribution in [0.5, 0.6) is 0 Å². The molecular weight excluding hydrogens is 289 g/mol. The van der Waals surface area contributed by atoms with Crippen LogP contribution in [0, 0.1) is 23.5 Å². The van der Waals surface area contributed by atoms with Crippen LogP contribution < -0.4 is 5.73 Å². The molecule has 0 radical (unpaired) electrons. The Morgan fingerprint density at radius 3 is 2.48 bits per heavy atom. The van der Waals surface area contributed by atoms with E-state index in [-0.39, 0.29) is 25.2 Å². The molecule has 6 heteroatoms. The minimum absolute atomic E-state index is 0.0222. The van der Waals surface area contributed by atoms with Gasteiger partial charge in [0.2, 0.25) is 0 Å². The quantitative estimate of drug-likeness (QED) is 0.832. The van der Waals surface area contributed by atoms with E-state index in [2.05, 4.69) is 0 Å². The Kier molecular flexibility index (Phi) is 4.86. The average Bonchev–Trinajstić information content (AvgIpc) is 2.42. The second-order valence-corrected chi connectivity index (χ2v) is 5.78. The predicted molar refractivity (Wildman–Crippen MR) is 69.5 cm³/mol. The summed E-state index contributed by atoms with van der Waals surface area (Å²) in [6.07, 6.45) is -2.60. The summed E-state index contributed by atoms with van der Waals surface area (Å²) in [7, 11) is 0. The van der Waals surface area contributed by atoms with Gasteiger partial charge in [0.25, 0.3) is 0 Å². The summed E-state index contributed by atoms with van der Waals surface area (Å²) in [6, 6.07) is 3.01. The zero-order chi connectivity index (χ0) is 15.6. The zero-order valence-corrected chi connectivity index (χ0v) is 11.5. The summed E-state index contributed by atoms with van der Waals surface area (Å²) in [5.74, 6) is -3.44. The molecule has 1 aromatic rings. The van der Waals surface area contributed by atoms with E-state index in [9.17, 15) is 22.0 Å². The smallest absolute Gasteiger partial charge is 0.327 e. The first-order valence-corrected chi connectivity index (χ1v) is 7.03. The predicted octanol–water partition coefficient (Wildman–Crippen LogP) is 4.20. The maximum absolute atomic E-state index is 13.1. The highest BCUT2D eigenvalue weighted by Gasteiger charge is 2.43. The van der Waals surface area contributed by atoms with Crippen molar-refractivity contribution in [3.05, 3.63) is 35.4 Å². The molecular formula is C15H18F5N. The second-order valence-electron chi connectivity index (χ2n) is 5.78. The number of nitrogens with two attached hydrogens (primary N) is 1. The highest BCUT2D eigenvalue weighted by molar-refractivity contribution is 5.19. The van der Waals surface area contributed by atoms with Crippen molar-refractivity contribution in [2.75, 3.05) is 0 Å². The van der Waals surface area contributed by atoms with Crippen LogP contribution in [0.15, 0.2) is 18.2 Å². The second kappa shape index (κ2) is 6.30. The molecule has 0 aliphatic heterocycles. The fourth-order valence-corrected chi connectivity index (χ4v) is 3.02. The summed E-state index contributed by atoms with van der Waals surface area (Å²) in [5, 5.41) is 0. The van der Waals surface area contributed by atoms with Crippen LogP contribution in [0.25, 0.3) is 0 Å². The van der Waals surface area contributed by atoms with E-state index in [1.807, 2.05) is 0 Å². The number of benzene rings is 1. The maximum atomic E-state index is 13.1. The van der Waals surface area contributed by atoms with Gasteiger partial charge in [-0.15, -0.1) is 0 Å². The summed E-state index contributed by atoms with van der Waals surface area (Å²) in [4.78, 5) is 0. The molecule has 1 saturated carbocycles. The average molecular weight is 307 g/mol. The summed E-state index contributed by atoms with van der Waals surface area (Å²) in [5.41, 5.74) is 6.50. The van der Waals surface area contributed by atoms with Crippen molar-refractivity contribution >= 4 is 0 Å². The molecule has 2 rings (SSSR count). The van der Waals surface area contributed by atoms with Gasteiger partial charge in [-0.25, -0.2) is 8.78 Å². The molecule has 1 aliphatic carbocycles. The number of hydrogen-bond acceptors (Lipinski definition) is 1. The largest absolute Gasteiger partial charge is 0.391 e. The van der Waals surface area contributed by atoms with E-state index in [0.717, 1.165) is 12.1 Å². The van der Waals surface area contributed by atoms with Gasteiger partial charge in [0.15, 0.2) is 11.6 Å². The van der Waals surface area contributed by atoms with Gasteiger partial charge in [0.05, 0.1) is 5.92 Å². The van der Waals surface area contributed by atoms with E-state index >= 15 is 0 Å². The molecule has 1 nitrogen and oxygen atoms in total. The van der Waals surface area contributed by atoms with Gasteiger partial charge >= 0.3 is 6.18 Å². The Morgan fingerprint density at radius 1 is 1.14 bits per heavy atom. The van der Waals surface area contributed by atoms with Crippen molar-refractivity contribution in [2.24, 2.45) is 17.6 Å². The van der Waals surface area contributed by atoms with Gasteiger partial charge in [-0.3, -0.25) is 0 Å². The molecule has 3 unspecified atom stereocenters. The molecule has 118 valence electrons. The normalized spacial score (nSPS) is 24.9. The number of hydrogen-bond donors (Lipinski definition) is 1. The van der Waals surface area contributed by atoms with Gasteiger partial charge in [0.1, 0.15) is 0 Å². The van der Waals surface area contributed by atoms with Crippen LogP contribution in [-0.4, -0.2) is 12.2 Å². The molecule has 1 aliphatic rings. The fourth-order valence-electron chi connectivity index (χ4n) is 3.02. The zero-order valence-electron chi connectivity index (χ0n) is 11.5. The maximum Gasteiger partial charge on any atom is 0.391 e.